The van der Waals surface area contributed by atoms with Crippen molar-refractivity contribution < 1.29 is 14.7 Å². The SMILES string of the molecule is CC(C(=O)O)C(NC(=O)C(C)n1cccn1)c1ccccc1. The van der Waals surface area contributed by atoms with Crippen molar-refractivity contribution in [3.05, 3.63) is 54.4 Å². The van der Waals surface area contributed by atoms with Crippen molar-refractivity contribution in [1.82, 2.24) is 15.1 Å². The quantitative estimate of drug-likeness (QED) is 0.855. The molecule has 0 fully saturated rings. The summed E-state index contributed by atoms with van der Waals surface area (Å²) in [6.45, 7) is 3.30. The Bertz CT molecular complexity index is 625. The molecule has 1 aromatic heterocycles. The summed E-state index contributed by atoms with van der Waals surface area (Å²) in [5.74, 6) is -1.97. The van der Waals surface area contributed by atoms with Crippen LogP contribution in [0.15, 0.2) is 48.8 Å². The molecule has 3 unspecified atom stereocenters. The van der Waals surface area contributed by atoms with E-state index in [4.69, 9.17) is 0 Å². The number of rotatable bonds is 6. The zero-order valence-corrected chi connectivity index (χ0v) is 12.5. The number of carbonyl (C=O) groups excluding carboxylic acids is 1. The molecule has 3 atom stereocenters. The molecule has 6 heteroatoms. The normalized spacial score (nSPS) is 14.8. The van der Waals surface area contributed by atoms with E-state index in [1.807, 2.05) is 30.3 Å². The number of carbonyl (C=O) groups is 2. The number of aromatic nitrogens is 2. The van der Waals surface area contributed by atoms with Gasteiger partial charge < -0.3 is 10.4 Å². The molecule has 0 aliphatic carbocycles. The topological polar surface area (TPSA) is 84.2 Å². The van der Waals surface area contributed by atoms with Crippen LogP contribution in [-0.4, -0.2) is 26.8 Å². The Morgan fingerprint density at radius 1 is 1.18 bits per heavy atom. The maximum atomic E-state index is 12.4. The van der Waals surface area contributed by atoms with E-state index in [2.05, 4.69) is 10.4 Å². The van der Waals surface area contributed by atoms with E-state index < -0.39 is 24.0 Å². The van der Waals surface area contributed by atoms with Gasteiger partial charge in [0.2, 0.25) is 5.91 Å². The van der Waals surface area contributed by atoms with E-state index in [-0.39, 0.29) is 5.91 Å². The molecule has 0 aliphatic rings. The fourth-order valence-corrected chi connectivity index (χ4v) is 2.20. The monoisotopic (exact) mass is 301 g/mol. The molecule has 0 saturated heterocycles. The van der Waals surface area contributed by atoms with Gasteiger partial charge in [0, 0.05) is 12.4 Å². The molecule has 0 spiro atoms. The highest BCUT2D eigenvalue weighted by atomic mass is 16.4. The van der Waals surface area contributed by atoms with Crippen molar-refractivity contribution in [3.63, 3.8) is 0 Å². The van der Waals surface area contributed by atoms with Gasteiger partial charge in [0.15, 0.2) is 0 Å². The minimum Gasteiger partial charge on any atom is -0.481 e. The van der Waals surface area contributed by atoms with E-state index >= 15 is 0 Å². The molecule has 0 aliphatic heterocycles. The van der Waals surface area contributed by atoms with Crippen molar-refractivity contribution >= 4 is 11.9 Å². The number of carboxylic acid groups (broad SMARTS) is 1. The van der Waals surface area contributed by atoms with Gasteiger partial charge in [0.25, 0.3) is 0 Å². The van der Waals surface area contributed by atoms with Gasteiger partial charge >= 0.3 is 5.97 Å². The van der Waals surface area contributed by atoms with Gasteiger partial charge in [-0.3, -0.25) is 14.3 Å². The van der Waals surface area contributed by atoms with E-state index in [1.54, 1.807) is 32.3 Å². The number of amides is 1. The molecule has 6 nitrogen and oxygen atoms in total. The van der Waals surface area contributed by atoms with Crippen LogP contribution in [0.5, 0.6) is 0 Å². The predicted molar refractivity (Wildman–Crippen MR) is 81.1 cm³/mol. The molecule has 22 heavy (non-hydrogen) atoms. The second-order valence-corrected chi connectivity index (χ2v) is 5.19. The summed E-state index contributed by atoms with van der Waals surface area (Å²) in [5.41, 5.74) is 0.762. The molecule has 1 heterocycles. The third-order valence-corrected chi connectivity index (χ3v) is 3.65. The third kappa shape index (κ3) is 3.52. The van der Waals surface area contributed by atoms with Crippen LogP contribution in [0.2, 0.25) is 0 Å². The highest BCUT2D eigenvalue weighted by molar-refractivity contribution is 5.81. The predicted octanol–water partition coefficient (Wildman–Crippen LogP) is 2.02. The maximum absolute atomic E-state index is 12.4. The Morgan fingerprint density at radius 3 is 2.41 bits per heavy atom. The number of hydrogen-bond acceptors (Lipinski definition) is 3. The van der Waals surface area contributed by atoms with Crippen molar-refractivity contribution in [2.24, 2.45) is 5.92 Å². The van der Waals surface area contributed by atoms with Crippen LogP contribution in [0.1, 0.15) is 31.5 Å². The van der Waals surface area contributed by atoms with Crippen LogP contribution in [0.4, 0.5) is 0 Å². The number of carboxylic acids is 1. The lowest BCUT2D eigenvalue weighted by molar-refractivity contribution is -0.142. The van der Waals surface area contributed by atoms with Crippen molar-refractivity contribution in [2.45, 2.75) is 25.9 Å². The zero-order valence-electron chi connectivity index (χ0n) is 12.5. The first-order chi connectivity index (χ1) is 10.5. The van der Waals surface area contributed by atoms with E-state index in [1.165, 1.54) is 4.68 Å². The smallest absolute Gasteiger partial charge is 0.308 e. The average Bonchev–Trinajstić information content (AvgIpc) is 3.06. The summed E-state index contributed by atoms with van der Waals surface area (Å²) >= 11 is 0. The second-order valence-electron chi connectivity index (χ2n) is 5.19. The molecule has 1 amide bonds. The number of nitrogens with one attached hydrogen (secondary N) is 1. The fourth-order valence-electron chi connectivity index (χ4n) is 2.20. The van der Waals surface area contributed by atoms with Crippen LogP contribution < -0.4 is 5.32 Å². The molecular formula is C16H19N3O3. The van der Waals surface area contributed by atoms with Crippen LogP contribution in [-0.2, 0) is 9.59 Å². The summed E-state index contributed by atoms with van der Waals surface area (Å²) in [4.78, 5) is 23.7. The highest BCUT2D eigenvalue weighted by Gasteiger charge is 2.28. The lowest BCUT2D eigenvalue weighted by Crippen LogP contribution is -2.39. The second kappa shape index (κ2) is 6.89. The first-order valence-electron chi connectivity index (χ1n) is 7.08. The van der Waals surface area contributed by atoms with Gasteiger partial charge in [-0.2, -0.15) is 5.10 Å². The third-order valence-electron chi connectivity index (χ3n) is 3.65. The van der Waals surface area contributed by atoms with E-state index in [0.29, 0.717) is 0 Å². The first-order valence-corrected chi connectivity index (χ1v) is 7.08. The van der Waals surface area contributed by atoms with Crippen molar-refractivity contribution in [3.8, 4) is 0 Å². The Balaban J connectivity index is 2.19. The Kier molecular flexibility index (Phi) is 4.93. The standard InChI is InChI=1S/C16H19N3O3/c1-11(16(21)22)14(13-7-4-3-5-8-13)18-15(20)12(2)19-10-6-9-17-19/h3-12,14H,1-2H3,(H,18,20)(H,21,22). The lowest BCUT2D eigenvalue weighted by Gasteiger charge is -2.24. The molecule has 2 N–H and O–H groups in total. The van der Waals surface area contributed by atoms with Crippen LogP contribution in [0.3, 0.4) is 0 Å². The van der Waals surface area contributed by atoms with Gasteiger partial charge in [0.05, 0.1) is 12.0 Å². The summed E-state index contributed by atoms with van der Waals surface area (Å²) < 4.78 is 1.53. The van der Waals surface area contributed by atoms with Crippen LogP contribution in [0.25, 0.3) is 0 Å². The van der Waals surface area contributed by atoms with Gasteiger partial charge in [-0.1, -0.05) is 30.3 Å². The van der Waals surface area contributed by atoms with Gasteiger partial charge in [0.1, 0.15) is 6.04 Å². The Hall–Kier alpha value is -2.63. The lowest BCUT2D eigenvalue weighted by atomic mass is 9.94. The molecule has 0 radical (unpaired) electrons. The summed E-state index contributed by atoms with van der Waals surface area (Å²) in [7, 11) is 0. The summed E-state index contributed by atoms with van der Waals surface area (Å²) in [6, 6.07) is 9.73. The summed E-state index contributed by atoms with van der Waals surface area (Å²) in [6.07, 6.45) is 3.29. The van der Waals surface area contributed by atoms with Crippen molar-refractivity contribution in [1.29, 1.82) is 0 Å². The summed E-state index contributed by atoms with van der Waals surface area (Å²) in [5, 5.41) is 16.1. The average molecular weight is 301 g/mol. The number of aliphatic carboxylic acids is 1. The Labute approximate surface area is 128 Å². The number of hydrogen-bond donors (Lipinski definition) is 2. The van der Waals surface area contributed by atoms with Crippen molar-refractivity contribution in [2.75, 3.05) is 0 Å². The first kappa shape index (κ1) is 15.8. The fraction of sp³-hybridized carbons (Fsp3) is 0.312. The zero-order chi connectivity index (χ0) is 16.1. The highest BCUT2D eigenvalue weighted by Crippen LogP contribution is 2.23. The molecule has 0 bridgehead atoms. The van der Waals surface area contributed by atoms with Crippen LogP contribution >= 0.6 is 0 Å². The number of nitrogens with zero attached hydrogens (tertiary/aromatic N) is 2. The largest absolute Gasteiger partial charge is 0.481 e. The Morgan fingerprint density at radius 2 is 1.86 bits per heavy atom. The molecule has 1 aromatic carbocycles. The minimum atomic E-state index is -0.958. The van der Waals surface area contributed by atoms with Gasteiger partial charge in [-0.05, 0) is 25.5 Å². The van der Waals surface area contributed by atoms with E-state index in [9.17, 15) is 14.7 Å². The molecular weight excluding hydrogens is 282 g/mol. The van der Waals surface area contributed by atoms with Gasteiger partial charge in [-0.25, -0.2) is 0 Å². The molecule has 2 aromatic rings. The number of benzene rings is 1. The van der Waals surface area contributed by atoms with Crippen LogP contribution in [0, 0.1) is 5.92 Å². The minimum absolute atomic E-state index is 0.273. The van der Waals surface area contributed by atoms with E-state index in [0.717, 1.165) is 5.56 Å². The molecule has 0 saturated carbocycles. The maximum Gasteiger partial charge on any atom is 0.308 e. The molecule has 116 valence electrons. The molecule has 2 rings (SSSR count). The van der Waals surface area contributed by atoms with Gasteiger partial charge in [-0.15, -0.1) is 0 Å².